The van der Waals surface area contributed by atoms with Crippen LogP contribution >= 0.6 is 0 Å². The first-order valence-corrected chi connectivity index (χ1v) is 8.66. The van der Waals surface area contributed by atoms with Gasteiger partial charge in [0.1, 0.15) is 5.82 Å². The lowest BCUT2D eigenvalue weighted by Gasteiger charge is -2.33. The summed E-state index contributed by atoms with van der Waals surface area (Å²) in [5.41, 5.74) is 1.05. The molecule has 3 atom stereocenters. The van der Waals surface area contributed by atoms with Crippen molar-refractivity contribution >= 4 is 5.91 Å². The van der Waals surface area contributed by atoms with Crippen molar-refractivity contribution < 1.29 is 9.18 Å². The van der Waals surface area contributed by atoms with Crippen LogP contribution < -0.4 is 10.6 Å². The highest BCUT2D eigenvalue weighted by atomic mass is 19.1. The molecule has 0 saturated carbocycles. The van der Waals surface area contributed by atoms with E-state index in [1.165, 1.54) is 12.1 Å². The van der Waals surface area contributed by atoms with Crippen molar-refractivity contribution in [2.24, 2.45) is 0 Å². The highest BCUT2D eigenvalue weighted by Gasteiger charge is 2.33. The van der Waals surface area contributed by atoms with E-state index in [0.29, 0.717) is 12.6 Å². The van der Waals surface area contributed by atoms with Crippen molar-refractivity contribution in [3.63, 3.8) is 0 Å². The zero-order chi connectivity index (χ0) is 16.2. The van der Waals surface area contributed by atoms with E-state index in [1.807, 2.05) is 0 Å². The average molecular weight is 319 g/mol. The Labute approximate surface area is 137 Å². The van der Waals surface area contributed by atoms with Crippen LogP contribution in [0.4, 0.5) is 4.39 Å². The molecule has 126 valence electrons. The Hall–Kier alpha value is -1.46. The third kappa shape index (κ3) is 4.09. The monoisotopic (exact) mass is 319 g/mol. The van der Waals surface area contributed by atoms with E-state index in [9.17, 15) is 9.18 Å². The summed E-state index contributed by atoms with van der Waals surface area (Å²) in [4.78, 5) is 14.9. The molecule has 0 aromatic heterocycles. The van der Waals surface area contributed by atoms with Gasteiger partial charge in [0.15, 0.2) is 0 Å². The van der Waals surface area contributed by atoms with Gasteiger partial charge < -0.3 is 10.6 Å². The average Bonchev–Trinajstić information content (AvgIpc) is 3.00. The smallest absolute Gasteiger partial charge is 0.237 e. The van der Waals surface area contributed by atoms with Crippen LogP contribution in [-0.2, 0) is 11.3 Å². The molecule has 0 spiro atoms. The molecule has 1 aromatic rings. The number of benzene rings is 1. The summed E-state index contributed by atoms with van der Waals surface area (Å²) in [5.74, 6) is -0.0755. The van der Waals surface area contributed by atoms with E-state index in [-0.39, 0.29) is 23.8 Å². The molecule has 4 nitrogen and oxygen atoms in total. The molecule has 23 heavy (non-hydrogen) atoms. The fourth-order valence-corrected chi connectivity index (χ4v) is 3.66. The lowest BCUT2D eigenvalue weighted by atomic mass is 9.99. The van der Waals surface area contributed by atoms with Crippen molar-refractivity contribution in [2.75, 3.05) is 13.1 Å². The highest BCUT2D eigenvalue weighted by molar-refractivity contribution is 5.82. The van der Waals surface area contributed by atoms with Gasteiger partial charge >= 0.3 is 0 Å². The zero-order valence-electron chi connectivity index (χ0n) is 13.7. The van der Waals surface area contributed by atoms with Crippen molar-refractivity contribution in [3.8, 4) is 0 Å². The lowest BCUT2D eigenvalue weighted by molar-refractivity contribution is -0.126. The molecule has 0 bridgehead atoms. The maximum atomic E-state index is 13.0. The van der Waals surface area contributed by atoms with Crippen LogP contribution in [0.5, 0.6) is 0 Å². The van der Waals surface area contributed by atoms with E-state index in [1.54, 1.807) is 12.1 Å². The summed E-state index contributed by atoms with van der Waals surface area (Å²) >= 11 is 0. The van der Waals surface area contributed by atoms with E-state index >= 15 is 0 Å². The summed E-state index contributed by atoms with van der Waals surface area (Å²) in [6.45, 7) is 4.80. The maximum Gasteiger partial charge on any atom is 0.237 e. The number of rotatable bonds is 4. The van der Waals surface area contributed by atoms with Crippen molar-refractivity contribution in [1.82, 2.24) is 15.5 Å². The van der Waals surface area contributed by atoms with Crippen LogP contribution in [0.3, 0.4) is 0 Å². The van der Waals surface area contributed by atoms with Gasteiger partial charge in [0.25, 0.3) is 0 Å². The van der Waals surface area contributed by atoms with Crippen molar-refractivity contribution in [3.05, 3.63) is 35.6 Å². The third-order valence-corrected chi connectivity index (χ3v) is 5.05. The molecule has 3 unspecified atom stereocenters. The molecule has 1 amide bonds. The predicted molar refractivity (Wildman–Crippen MR) is 88.5 cm³/mol. The number of piperidine rings is 1. The molecule has 2 heterocycles. The fourth-order valence-electron chi connectivity index (χ4n) is 3.66. The fraction of sp³-hybridized carbons (Fsp3) is 0.611. The minimum absolute atomic E-state index is 0.0609. The van der Waals surface area contributed by atoms with Crippen molar-refractivity contribution in [2.45, 2.75) is 57.3 Å². The number of hydrogen-bond acceptors (Lipinski definition) is 3. The summed E-state index contributed by atoms with van der Waals surface area (Å²) in [7, 11) is 0. The predicted octanol–water partition coefficient (Wildman–Crippen LogP) is 2.05. The van der Waals surface area contributed by atoms with E-state index in [0.717, 1.165) is 44.3 Å². The third-order valence-electron chi connectivity index (χ3n) is 5.05. The molecular formula is C18H26FN3O. The topological polar surface area (TPSA) is 44.4 Å². The van der Waals surface area contributed by atoms with Gasteiger partial charge in [0, 0.05) is 18.6 Å². The molecule has 2 N–H and O–H groups in total. The summed E-state index contributed by atoms with van der Waals surface area (Å²) < 4.78 is 13.0. The van der Waals surface area contributed by atoms with Crippen LogP contribution in [0, 0.1) is 5.82 Å². The number of amides is 1. The van der Waals surface area contributed by atoms with Gasteiger partial charge in [-0.2, -0.15) is 0 Å². The number of hydrogen-bond donors (Lipinski definition) is 2. The Morgan fingerprint density at radius 2 is 2.09 bits per heavy atom. The lowest BCUT2D eigenvalue weighted by Crippen LogP contribution is -2.55. The molecule has 0 radical (unpaired) electrons. The first-order chi connectivity index (χ1) is 11.1. The van der Waals surface area contributed by atoms with E-state index in [4.69, 9.17) is 0 Å². The Balaban J connectivity index is 1.59. The molecule has 2 fully saturated rings. The van der Waals surface area contributed by atoms with Gasteiger partial charge in [-0.25, -0.2) is 4.39 Å². The van der Waals surface area contributed by atoms with E-state index in [2.05, 4.69) is 22.5 Å². The normalized spacial score (nSPS) is 28.7. The molecule has 2 aliphatic heterocycles. The minimum atomic E-state index is -0.219. The Morgan fingerprint density at radius 1 is 1.30 bits per heavy atom. The second kappa shape index (κ2) is 7.41. The second-order valence-corrected chi connectivity index (χ2v) is 6.76. The van der Waals surface area contributed by atoms with Gasteiger partial charge in [-0.1, -0.05) is 12.1 Å². The first kappa shape index (κ1) is 16.4. The number of halogens is 1. The van der Waals surface area contributed by atoms with Gasteiger partial charge in [0.05, 0.1) is 6.04 Å². The summed E-state index contributed by atoms with van der Waals surface area (Å²) in [5, 5.41) is 6.65. The van der Waals surface area contributed by atoms with Crippen LogP contribution in [0.2, 0.25) is 0 Å². The molecule has 2 aliphatic rings. The minimum Gasteiger partial charge on any atom is -0.350 e. The summed E-state index contributed by atoms with van der Waals surface area (Å²) in [6, 6.07) is 7.07. The van der Waals surface area contributed by atoms with Gasteiger partial charge in [-0.05, 0) is 63.4 Å². The number of carbonyl (C=O) groups is 1. The van der Waals surface area contributed by atoms with Gasteiger partial charge in [-0.15, -0.1) is 0 Å². The highest BCUT2D eigenvalue weighted by Crippen LogP contribution is 2.21. The largest absolute Gasteiger partial charge is 0.350 e. The molecule has 0 aliphatic carbocycles. The van der Waals surface area contributed by atoms with Gasteiger partial charge in [0.2, 0.25) is 5.91 Å². The van der Waals surface area contributed by atoms with Crippen LogP contribution in [-0.4, -0.2) is 42.0 Å². The molecular weight excluding hydrogens is 293 g/mol. The number of carbonyl (C=O) groups excluding carboxylic acids is 1. The van der Waals surface area contributed by atoms with Crippen LogP contribution in [0.25, 0.3) is 0 Å². The number of nitrogens with zero attached hydrogens (tertiary/aromatic N) is 1. The van der Waals surface area contributed by atoms with E-state index < -0.39 is 0 Å². The molecule has 5 heteroatoms. The SMILES string of the molecule is CC1NCCCC1NC(=O)C1CCCN1Cc1ccc(F)cc1. The number of nitrogens with one attached hydrogen (secondary N) is 2. The summed E-state index contributed by atoms with van der Waals surface area (Å²) in [6.07, 6.45) is 4.10. The van der Waals surface area contributed by atoms with Crippen molar-refractivity contribution in [1.29, 1.82) is 0 Å². The Bertz CT molecular complexity index is 534. The maximum absolute atomic E-state index is 13.0. The Morgan fingerprint density at radius 3 is 2.83 bits per heavy atom. The van der Waals surface area contributed by atoms with Crippen LogP contribution in [0.1, 0.15) is 38.2 Å². The second-order valence-electron chi connectivity index (χ2n) is 6.76. The Kier molecular flexibility index (Phi) is 5.28. The quantitative estimate of drug-likeness (QED) is 0.893. The zero-order valence-corrected chi connectivity index (χ0v) is 13.7. The number of likely N-dealkylation sites (tertiary alicyclic amines) is 1. The van der Waals surface area contributed by atoms with Crippen LogP contribution in [0.15, 0.2) is 24.3 Å². The molecule has 3 rings (SSSR count). The standard InChI is InChI=1S/C18H26FN3O/c1-13-16(4-2-10-20-13)21-18(23)17-5-3-11-22(17)12-14-6-8-15(19)9-7-14/h6-9,13,16-17,20H,2-5,10-12H2,1H3,(H,21,23). The molecule has 2 saturated heterocycles. The molecule has 1 aromatic carbocycles. The first-order valence-electron chi connectivity index (χ1n) is 8.66. The van der Waals surface area contributed by atoms with Gasteiger partial charge in [-0.3, -0.25) is 9.69 Å².